The molecule has 2 aromatic carbocycles. The second-order valence-electron chi connectivity index (χ2n) is 4.33. The van der Waals surface area contributed by atoms with Gasteiger partial charge in [-0.2, -0.15) is 13.2 Å². The average molecular weight is 386 g/mol. The first-order chi connectivity index (χ1) is 10.2. The average Bonchev–Trinajstić information content (AvgIpc) is 2.39. The van der Waals surface area contributed by atoms with Crippen LogP contribution in [0.25, 0.3) is 5.57 Å². The molecular weight excluding hydrogens is 379 g/mol. The molecule has 0 spiro atoms. The van der Waals surface area contributed by atoms with Crippen LogP contribution in [0.15, 0.2) is 47.0 Å². The first kappa shape index (κ1) is 17.5. The Morgan fingerprint density at radius 1 is 0.818 bits per heavy atom. The monoisotopic (exact) mass is 384 g/mol. The van der Waals surface area contributed by atoms with Gasteiger partial charge in [-0.3, -0.25) is 0 Å². The predicted octanol–water partition coefficient (Wildman–Crippen LogP) is 7.21. The standard InChI is InChI=1S/C15H7Cl4F3/c16-10-4-1-8(2-5-10)13(14(18)19)9-3-6-11(12(17)7-9)15(20,21)22/h1-7H. The van der Waals surface area contributed by atoms with Gasteiger partial charge in [0, 0.05) is 10.6 Å². The Labute approximate surface area is 145 Å². The molecule has 22 heavy (non-hydrogen) atoms. The van der Waals surface area contributed by atoms with Gasteiger partial charge in [-0.15, -0.1) is 0 Å². The highest BCUT2D eigenvalue weighted by molar-refractivity contribution is 6.59. The molecule has 2 rings (SSSR count). The van der Waals surface area contributed by atoms with Crippen LogP contribution in [-0.4, -0.2) is 0 Å². The minimum Gasteiger partial charge on any atom is -0.166 e. The van der Waals surface area contributed by atoms with Gasteiger partial charge in [0.25, 0.3) is 0 Å². The van der Waals surface area contributed by atoms with Gasteiger partial charge < -0.3 is 0 Å². The van der Waals surface area contributed by atoms with Crippen LogP contribution in [0.3, 0.4) is 0 Å². The van der Waals surface area contributed by atoms with E-state index in [4.69, 9.17) is 46.4 Å². The Balaban J connectivity index is 2.54. The number of rotatable bonds is 2. The molecule has 0 saturated carbocycles. The van der Waals surface area contributed by atoms with Gasteiger partial charge >= 0.3 is 6.18 Å². The number of alkyl halides is 3. The molecule has 0 nitrogen and oxygen atoms in total. The van der Waals surface area contributed by atoms with Gasteiger partial charge in [0.1, 0.15) is 4.49 Å². The molecule has 0 amide bonds. The lowest BCUT2D eigenvalue weighted by Crippen LogP contribution is -2.06. The van der Waals surface area contributed by atoms with Crippen LogP contribution < -0.4 is 0 Å². The van der Waals surface area contributed by atoms with E-state index >= 15 is 0 Å². The summed E-state index contributed by atoms with van der Waals surface area (Å²) in [5, 5.41) is 0.0882. The Hall–Kier alpha value is -0.870. The molecule has 0 N–H and O–H groups in total. The predicted molar refractivity (Wildman–Crippen MR) is 85.6 cm³/mol. The summed E-state index contributed by atoms with van der Waals surface area (Å²) >= 11 is 23.3. The summed E-state index contributed by atoms with van der Waals surface area (Å²) in [6, 6.07) is 9.91. The number of halogens is 7. The second kappa shape index (κ2) is 6.71. The van der Waals surface area contributed by atoms with Crippen molar-refractivity contribution in [2.24, 2.45) is 0 Å². The van der Waals surface area contributed by atoms with Crippen LogP contribution >= 0.6 is 46.4 Å². The van der Waals surface area contributed by atoms with Gasteiger partial charge in [-0.25, -0.2) is 0 Å². The molecule has 0 unspecified atom stereocenters. The maximum Gasteiger partial charge on any atom is 0.417 e. The molecule has 0 aliphatic carbocycles. The Kier molecular flexibility index (Phi) is 5.33. The van der Waals surface area contributed by atoms with Gasteiger partial charge in [-0.05, 0) is 35.4 Å². The molecule has 0 aromatic heterocycles. The van der Waals surface area contributed by atoms with Gasteiger partial charge in [0.2, 0.25) is 0 Å². The van der Waals surface area contributed by atoms with E-state index in [0.717, 1.165) is 6.07 Å². The van der Waals surface area contributed by atoms with Gasteiger partial charge in [0.15, 0.2) is 0 Å². The Morgan fingerprint density at radius 2 is 1.36 bits per heavy atom. The zero-order valence-electron chi connectivity index (χ0n) is 10.7. The minimum atomic E-state index is -4.52. The lowest BCUT2D eigenvalue weighted by Gasteiger charge is -2.13. The zero-order valence-corrected chi connectivity index (χ0v) is 13.7. The molecule has 0 saturated heterocycles. The summed E-state index contributed by atoms with van der Waals surface area (Å²) in [4.78, 5) is 0. The molecule has 0 radical (unpaired) electrons. The number of benzene rings is 2. The van der Waals surface area contributed by atoms with Crippen LogP contribution in [0, 0.1) is 0 Å². The van der Waals surface area contributed by atoms with Crippen LogP contribution in [0.1, 0.15) is 16.7 Å². The summed E-state index contributed by atoms with van der Waals surface area (Å²) in [6.45, 7) is 0. The fraction of sp³-hybridized carbons (Fsp3) is 0.0667. The van der Waals surface area contributed by atoms with Crippen molar-refractivity contribution in [2.45, 2.75) is 6.18 Å². The van der Waals surface area contributed by atoms with E-state index in [1.54, 1.807) is 24.3 Å². The van der Waals surface area contributed by atoms with Crippen molar-refractivity contribution in [1.82, 2.24) is 0 Å². The molecule has 0 aliphatic heterocycles. The third-order valence-electron chi connectivity index (χ3n) is 2.89. The fourth-order valence-corrected chi connectivity index (χ4v) is 2.75. The largest absolute Gasteiger partial charge is 0.417 e. The van der Waals surface area contributed by atoms with E-state index in [9.17, 15) is 13.2 Å². The smallest absolute Gasteiger partial charge is 0.166 e. The lowest BCUT2D eigenvalue weighted by atomic mass is 9.98. The third kappa shape index (κ3) is 3.90. The van der Waals surface area contributed by atoms with Crippen molar-refractivity contribution in [2.75, 3.05) is 0 Å². The maximum atomic E-state index is 12.7. The van der Waals surface area contributed by atoms with Gasteiger partial charge in [0.05, 0.1) is 10.6 Å². The second-order valence-corrected chi connectivity index (χ2v) is 6.13. The molecule has 0 aliphatic rings. The lowest BCUT2D eigenvalue weighted by molar-refractivity contribution is -0.137. The quantitative estimate of drug-likeness (QED) is 0.512. The highest BCUT2D eigenvalue weighted by Crippen LogP contribution is 2.38. The van der Waals surface area contributed by atoms with Crippen molar-refractivity contribution < 1.29 is 13.2 Å². The molecule has 116 valence electrons. The van der Waals surface area contributed by atoms with Crippen molar-refractivity contribution >= 4 is 52.0 Å². The summed E-state index contributed by atoms with van der Waals surface area (Å²) in [5.41, 5.74) is 0.440. The van der Waals surface area contributed by atoms with E-state index in [2.05, 4.69) is 0 Å². The van der Waals surface area contributed by atoms with Crippen LogP contribution in [0.5, 0.6) is 0 Å². The minimum absolute atomic E-state index is 0.0850. The summed E-state index contributed by atoms with van der Waals surface area (Å²) in [6.07, 6.45) is -4.52. The van der Waals surface area contributed by atoms with Crippen molar-refractivity contribution in [3.8, 4) is 0 Å². The third-order valence-corrected chi connectivity index (χ3v) is 3.83. The van der Waals surface area contributed by atoms with Gasteiger partial charge in [-0.1, -0.05) is 64.6 Å². The topological polar surface area (TPSA) is 0 Å². The number of hydrogen-bond donors (Lipinski definition) is 0. The van der Waals surface area contributed by atoms with Crippen molar-refractivity contribution in [1.29, 1.82) is 0 Å². The molecule has 0 fully saturated rings. The van der Waals surface area contributed by atoms with E-state index in [0.29, 0.717) is 21.7 Å². The highest BCUT2D eigenvalue weighted by atomic mass is 35.5. The molecule has 2 aromatic rings. The molecule has 7 heteroatoms. The summed E-state index contributed by atoms with van der Waals surface area (Å²) in [5.74, 6) is 0. The van der Waals surface area contributed by atoms with Crippen LogP contribution in [-0.2, 0) is 6.18 Å². The molecule has 0 atom stereocenters. The molecule has 0 heterocycles. The normalized spacial score (nSPS) is 11.4. The first-order valence-corrected chi connectivity index (χ1v) is 7.39. The van der Waals surface area contributed by atoms with E-state index in [1.165, 1.54) is 12.1 Å². The van der Waals surface area contributed by atoms with E-state index in [-0.39, 0.29) is 4.49 Å². The van der Waals surface area contributed by atoms with Crippen LogP contribution in [0.4, 0.5) is 13.2 Å². The maximum absolute atomic E-state index is 12.7. The molecular formula is C15H7Cl4F3. The van der Waals surface area contributed by atoms with Crippen LogP contribution in [0.2, 0.25) is 10.0 Å². The fourth-order valence-electron chi connectivity index (χ4n) is 1.90. The summed E-state index contributed by atoms with van der Waals surface area (Å²) in [7, 11) is 0. The SMILES string of the molecule is FC(F)(F)c1ccc(C(=C(Cl)Cl)c2ccc(Cl)cc2)cc1Cl. The van der Waals surface area contributed by atoms with Crippen molar-refractivity contribution in [3.05, 3.63) is 73.7 Å². The summed E-state index contributed by atoms with van der Waals surface area (Å²) < 4.78 is 38.1. The van der Waals surface area contributed by atoms with Crippen molar-refractivity contribution in [3.63, 3.8) is 0 Å². The van der Waals surface area contributed by atoms with E-state index < -0.39 is 16.8 Å². The highest BCUT2D eigenvalue weighted by Gasteiger charge is 2.33. The number of hydrogen-bond acceptors (Lipinski definition) is 0. The Morgan fingerprint density at radius 3 is 1.82 bits per heavy atom. The zero-order chi connectivity index (χ0) is 16.5. The van der Waals surface area contributed by atoms with E-state index in [1.807, 2.05) is 0 Å². The Bertz CT molecular complexity index is 715. The first-order valence-electron chi connectivity index (χ1n) is 5.88. The molecule has 0 bridgehead atoms.